The molecule has 1 N–H and O–H groups in total. The normalized spacial score (nSPS) is 24.6. The molecule has 1 aliphatic heterocycles. The van der Waals surface area contributed by atoms with Gasteiger partial charge >= 0.3 is 0 Å². The Morgan fingerprint density at radius 3 is 2.59 bits per heavy atom. The van der Waals surface area contributed by atoms with E-state index in [0.717, 1.165) is 31.6 Å². The summed E-state index contributed by atoms with van der Waals surface area (Å²) >= 11 is 0. The third kappa shape index (κ3) is 3.93. The molecule has 1 heterocycles. The molecule has 1 saturated heterocycles. The molecule has 0 spiro atoms. The number of rotatable bonds is 5. The van der Waals surface area contributed by atoms with Gasteiger partial charge in [0.2, 0.25) is 0 Å². The van der Waals surface area contributed by atoms with Gasteiger partial charge in [-0.25, -0.2) is 8.42 Å². The van der Waals surface area contributed by atoms with E-state index in [9.17, 15) is 8.42 Å². The van der Waals surface area contributed by atoms with E-state index in [-0.39, 0.29) is 5.75 Å². The van der Waals surface area contributed by atoms with Gasteiger partial charge in [0.05, 0.1) is 10.5 Å². The summed E-state index contributed by atoms with van der Waals surface area (Å²) in [5.41, 5.74) is 0. The first kappa shape index (κ1) is 17.5. The van der Waals surface area contributed by atoms with Gasteiger partial charge in [-0.3, -0.25) is 9.89 Å². The molecular formula is C15H30N4O2S. The van der Waals surface area contributed by atoms with Gasteiger partial charge in [-0.1, -0.05) is 6.92 Å². The van der Waals surface area contributed by atoms with Crippen molar-refractivity contribution in [1.82, 2.24) is 15.1 Å². The average Bonchev–Trinajstić information content (AvgIpc) is 3.27. The van der Waals surface area contributed by atoms with Crippen molar-refractivity contribution in [3.63, 3.8) is 0 Å². The lowest BCUT2D eigenvalue weighted by Crippen LogP contribution is -2.57. The van der Waals surface area contributed by atoms with Gasteiger partial charge < -0.3 is 10.2 Å². The summed E-state index contributed by atoms with van der Waals surface area (Å²) in [5.74, 6) is 1.01. The van der Waals surface area contributed by atoms with Crippen LogP contribution in [0.3, 0.4) is 0 Å². The average molecular weight is 330 g/mol. The molecule has 128 valence electrons. The quantitative estimate of drug-likeness (QED) is 0.589. The van der Waals surface area contributed by atoms with Gasteiger partial charge in [-0.05, 0) is 33.2 Å². The summed E-state index contributed by atoms with van der Waals surface area (Å²) in [5, 5.41) is 3.39. The summed E-state index contributed by atoms with van der Waals surface area (Å²) < 4.78 is 23.5. The largest absolute Gasteiger partial charge is 0.355 e. The Balaban J connectivity index is 1.87. The fraction of sp³-hybridized carbons (Fsp3) is 0.933. The summed E-state index contributed by atoms with van der Waals surface area (Å²) in [7, 11) is -1.25. The lowest BCUT2D eigenvalue weighted by atomic mass is 10.2. The molecule has 2 fully saturated rings. The van der Waals surface area contributed by atoms with E-state index in [0.29, 0.717) is 13.1 Å². The van der Waals surface area contributed by atoms with Crippen LogP contribution in [0.25, 0.3) is 0 Å². The van der Waals surface area contributed by atoms with Crippen molar-refractivity contribution in [2.45, 2.75) is 44.4 Å². The fourth-order valence-corrected chi connectivity index (χ4v) is 4.37. The number of sulfone groups is 1. The zero-order valence-electron chi connectivity index (χ0n) is 14.3. The smallest absolute Gasteiger partial charge is 0.193 e. The van der Waals surface area contributed by atoms with Gasteiger partial charge in [-0.15, -0.1) is 0 Å². The SMILES string of the molecule is CCN(CCNC(=NC)N1CCS(=O)(=O)C(C)(C)C1)C1CC1. The molecule has 0 radical (unpaired) electrons. The molecule has 7 heteroatoms. The Labute approximate surface area is 134 Å². The van der Waals surface area contributed by atoms with Crippen molar-refractivity contribution >= 4 is 15.8 Å². The van der Waals surface area contributed by atoms with Crippen LogP contribution < -0.4 is 5.32 Å². The number of likely N-dealkylation sites (N-methyl/N-ethyl adjacent to an activating group) is 1. The van der Waals surface area contributed by atoms with Crippen LogP contribution in [0.1, 0.15) is 33.6 Å². The van der Waals surface area contributed by atoms with Crippen LogP contribution in [0.5, 0.6) is 0 Å². The molecular weight excluding hydrogens is 300 g/mol. The molecule has 1 saturated carbocycles. The Morgan fingerprint density at radius 1 is 1.41 bits per heavy atom. The van der Waals surface area contributed by atoms with Gasteiger partial charge in [0, 0.05) is 39.3 Å². The molecule has 0 aromatic carbocycles. The predicted octanol–water partition coefficient (Wildman–Crippen LogP) is 0.555. The van der Waals surface area contributed by atoms with Crippen molar-refractivity contribution in [2.24, 2.45) is 4.99 Å². The predicted molar refractivity (Wildman–Crippen MR) is 91.1 cm³/mol. The third-order valence-electron chi connectivity index (χ3n) is 4.71. The first-order chi connectivity index (χ1) is 10.3. The summed E-state index contributed by atoms with van der Waals surface area (Å²) in [4.78, 5) is 8.88. The lowest BCUT2D eigenvalue weighted by Gasteiger charge is -2.39. The van der Waals surface area contributed by atoms with Crippen molar-refractivity contribution in [1.29, 1.82) is 0 Å². The highest BCUT2D eigenvalue weighted by atomic mass is 32.2. The first-order valence-electron chi connectivity index (χ1n) is 8.22. The van der Waals surface area contributed by atoms with E-state index >= 15 is 0 Å². The van der Waals surface area contributed by atoms with E-state index in [1.54, 1.807) is 20.9 Å². The van der Waals surface area contributed by atoms with Crippen LogP contribution in [-0.4, -0.2) is 80.5 Å². The molecule has 2 rings (SSSR count). The highest BCUT2D eigenvalue weighted by Gasteiger charge is 2.41. The molecule has 0 atom stereocenters. The molecule has 6 nitrogen and oxygen atoms in total. The number of nitrogens with zero attached hydrogens (tertiary/aromatic N) is 3. The molecule has 1 aliphatic carbocycles. The maximum atomic E-state index is 12.1. The second-order valence-electron chi connectivity index (χ2n) is 6.83. The first-order valence-corrected chi connectivity index (χ1v) is 9.88. The second-order valence-corrected chi connectivity index (χ2v) is 9.58. The number of hydrogen-bond donors (Lipinski definition) is 1. The molecule has 22 heavy (non-hydrogen) atoms. The number of nitrogens with one attached hydrogen (secondary N) is 1. The minimum absolute atomic E-state index is 0.198. The van der Waals surface area contributed by atoms with Crippen molar-refractivity contribution in [3.05, 3.63) is 0 Å². The van der Waals surface area contributed by atoms with Gasteiger partial charge in [0.1, 0.15) is 0 Å². The van der Waals surface area contributed by atoms with Gasteiger partial charge in [-0.2, -0.15) is 0 Å². The van der Waals surface area contributed by atoms with Crippen LogP contribution in [0.15, 0.2) is 4.99 Å². The van der Waals surface area contributed by atoms with Crippen LogP contribution in [0.4, 0.5) is 0 Å². The Bertz CT molecular complexity index is 512. The van der Waals surface area contributed by atoms with Crippen LogP contribution in [0, 0.1) is 0 Å². The second kappa shape index (κ2) is 6.74. The molecule has 0 bridgehead atoms. The van der Waals surface area contributed by atoms with E-state index in [2.05, 4.69) is 27.0 Å². The maximum Gasteiger partial charge on any atom is 0.193 e. The number of hydrogen-bond acceptors (Lipinski definition) is 4. The molecule has 0 aromatic heterocycles. The van der Waals surface area contributed by atoms with Crippen molar-refractivity contribution < 1.29 is 8.42 Å². The Morgan fingerprint density at radius 2 is 2.09 bits per heavy atom. The highest BCUT2D eigenvalue weighted by Crippen LogP contribution is 2.26. The van der Waals surface area contributed by atoms with Crippen LogP contribution >= 0.6 is 0 Å². The minimum Gasteiger partial charge on any atom is -0.355 e. The van der Waals surface area contributed by atoms with Crippen molar-refractivity contribution in [3.8, 4) is 0 Å². The minimum atomic E-state index is -3.01. The molecule has 2 aliphatic rings. The lowest BCUT2D eigenvalue weighted by molar-refractivity contribution is 0.279. The number of aliphatic imine (C=N–C) groups is 1. The molecule has 0 unspecified atom stereocenters. The van der Waals surface area contributed by atoms with E-state index in [4.69, 9.17) is 0 Å². The van der Waals surface area contributed by atoms with Gasteiger partial charge in [0.15, 0.2) is 15.8 Å². The topological polar surface area (TPSA) is 65.0 Å². The van der Waals surface area contributed by atoms with Gasteiger partial charge in [0.25, 0.3) is 0 Å². The van der Waals surface area contributed by atoms with Crippen LogP contribution in [-0.2, 0) is 9.84 Å². The van der Waals surface area contributed by atoms with Crippen LogP contribution in [0.2, 0.25) is 0 Å². The Hall–Kier alpha value is -0.820. The molecule has 0 amide bonds. The monoisotopic (exact) mass is 330 g/mol. The highest BCUT2D eigenvalue weighted by molar-refractivity contribution is 7.92. The zero-order chi connectivity index (χ0) is 16.4. The van der Waals surface area contributed by atoms with E-state index in [1.165, 1.54) is 12.8 Å². The third-order valence-corrected chi connectivity index (χ3v) is 7.24. The Kier molecular flexibility index (Phi) is 5.37. The van der Waals surface area contributed by atoms with E-state index < -0.39 is 14.6 Å². The molecule has 0 aromatic rings. The van der Waals surface area contributed by atoms with E-state index in [1.807, 2.05) is 0 Å². The number of guanidine groups is 1. The standard InChI is InChI=1S/C15H30N4O2S/c1-5-18(13-6-7-13)9-8-17-14(16-4)19-10-11-22(20,21)15(2,3)12-19/h13H,5-12H2,1-4H3,(H,16,17). The zero-order valence-corrected chi connectivity index (χ0v) is 15.1. The maximum absolute atomic E-state index is 12.1. The van der Waals surface area contributed by atoms with Crippen molar-refractivity contribution in [2.75, 3.05) is 45.5 Å². The fourth-order valence-electron chi connectivity index (χ4n) is 3.01. The summed E-state index contributed by atoms with van der Waals surface area (Å²) in [6.07, 6.45) is 2.64. The summed E-state index contributed by atoms with van der Waals surface area (Å²) in [6, 6.07) is 0.771. The summed E-state index contributed by atoms with van der Waals surface area (Å²) in [6.45, 7) is 9.75.